The maximum Gasteiger partial charge on any atom is 0.420 e. The molecule has 0 saturated carbocycles. The molecule has 0 heterocycles. The summed E-state index contributed by atoms with van der Waals surface area (Å²) in [6.07, 6.45) is -12.6. The first-order valence-corrected chi connectivity index (χ1v) is 8.07. The lowest BCUT2D eigenvalue weighted by molar-refractivity contribution is -0.298. The van der Waals surface area contributed by atoms with Gasteiger partial charge in [-0.2, -0.15) is 35.1 Å². The molecule has 0 amide bonds. The van der Waals surface area contributed by atoms with Gasteiger partial charge in [-0.25, -0.2) is 0 Å². The minimum Gasteiger partial charge on any atom is -0.186 e. The molecule has 0 aliphatic carbocycles. The Balaban J connectivity index is 3.06. The van der Waals surface area contributed by atoms with Gasteiger partial charge in [-0.1, -0.05) is 51.9 Å². The van der Waals surface area contributed by atoms with Crippen LogP contribution in [0, 0.1) is 0 Å². The molecule has 0 nitrogen and oxygen atoms in total. The maximum absolute atomic E-state index is 13.1. The molecule has 0 N–H and O–H groups in total. The van der Waals surface area contributed by atoms with Crippen molar-refractivity contribution >= 4 is 33.2 Å². The molecule has 0 aromatic heterocycles. The van der Waals surface area contributed by atoms with Crippen LogP contribution in [0.4, 0.5) is 35.1 Å². The maximum atomic E-state index is 13.1. The van der Waals surface area contributed by atoms with Crippen LogP contribution in [-0.4, -0.2) is 22.5 Å². The van der Waals surface area contributed by atoms with Gasteiger partial charge < -0.3 is 0 Å². The van der Waals surface area contributed by atoms with Crippen molar-refractivity contribution in [2.75, 3.05) is 0 Å². The second kappa shape index (κ2) is 6.64. The van der Waals surface area contributed by atoms with E-state index in [0.717, 1.165) is 0 Å². The first kappa shape index (κ1) is 19.7. The zero-order valence-corrected chi connectivity index (χ0v) is 12.7. The Morgan fingerprint density at radius 3 is 1.64 bits per heavy atom. The number of rotatable bonds is 5. The first-order valence-electron chi connectivity index (χ1n) is 5.37. The van der Waals surface area contributed by atoms with Crippen LogP contribution in [0.25, 0.3) is 0 Å². The molecule has 126 valence electrons. The summed E-state index contributed by atoms with van der Waals surface area (Å²) in [5.41, 5.74) is 0.385. The van der Waals surface area contributed by atoms with E-state index in [4.69, 9.17) is 0 Å². The van der Waals surface area contributed by atoms with Crippen LogP contribution >= 0.6 is 33.2 Å². The largest absolute Gasteiger partial charge is 0.420 e. The summed E-state index contributed by atoms with van der Waals surface area (Å²) in [6, 6.07) is 7.49. The Kier molecular flexibility index (Phi) is 5.95. The highest BCUT2D eigenvalue weighted by molar-refractivity contribution is 8.77. The molecule has 1 aromatic carbocycles. The molecule has 0 atom stereocenters. The van der Waals surface area contributed by atoms with Crippen molar-refractivity contribution < 1.29 is 35.1 Å². The molecule has 11 heteroatoms. The van der Waals surface area contributed by atoms with Crippen LogP contribution in [0.3, 0.4) is 0 Å². The fourth-order valence-corrected chi connectivity index (χ4v) is 4.70. The van der Waals surface area contributed by atoms with E-state index in [1.807, 2.05) is 0 Å². The van der Waals surface area contributed by atoms with E-state index in [9.17, 15) is 35.1 Å². The summed E-state index contributed by atoms with van der Waals surface area (Å²) in [4.78, 5) is 0. The highest BCUT2D eigenvalue weighted by Crippen LogP contribution is 2.64. The predicted octanol–water partition coefficient (Wildman–Crippen LogP) is 6.26. The van der Waals surface area contributed by atoms with Gasteiger partial charge in [0.25, 0.3) is 4.75 Å². The van der Waals surface area contributed by atoms with Crippen LogP contribution in [0.5, 0.6) is 0 Å². The zero-order chi connectivity index (χ0) is 17.2. The van der Waals surface area contributed by atoms with Gasteiger partial charge in [0, 0.05) is 5.75 Å². The summed E-state index contributed by atoms with van der Waals surface area (Å²) in [6.45, 7) is 0. The van der Waals surface area contributed by atoms with Gasteiger partial charge in [0.05, 0.1) is 0 Å². The van der Waals surface area contributed by atoms with Gasteiger partial charge >= 0.3 is 17.7 Å². The van der Waals surface area contributed by atoms with E-state index in [0.29, 0.717) is 5.56 Å². The van der Waals surface area contributed by atoms with Gasteiger partial charge in [-0.3, -0.25) is 0 Å². The lowest BCUT2D eigenvalue weighted by Crippen LogP contribution is -2.62. The zero-order valence-electron chi connectivity index (χ0n) is 10.3. The Hall–Kier alpha value is -0.350. The Labute approximate surface area is 133 Å². The topological polar surface area (TPSA) is 0 Å². The van der Waals surface area contributed by atoms with E-state index in [1.165, 1.54) is 24.3 Å². The molecular weight excluding hydrogens is 384 g/mol. The summed E-state index contributed by atoms with van der Waals surface area (Å²) in [5, 5.41) is -5.56. The second-order valence-corrected chi connectivity index (χ2v) is 6.99. The SMILES string of the molecule is FC(F)(F)C(SSCc1ccccc1)(C(F)(F)F)C(F)(F)Cl. The third kappa shape index (κ3) is 3.94. The number of halogens is 9. The standard InChI is InChI=1S/C11H7ClF8S2/c12-9(13,14)8(10(15,16)17,11(18,19)20)22-21-6-7-4-2-1-3-5-7/h1-5H,6H2. The Morgan fingerprint density at radius 1 is 0.818 bits per heavy atom. The van der Waals surface area contributed by atoms with E-state index in [1.54, 1.807) is 6.07 Å². The van der Waals surface area contributed by atoms with Gasteiger partial charge in [0.1, 0.15) is 0 Å². The average molecular weight is 391 g/mol. The summed E-state index contributed by atoms with van der Waals surface area (Å²) < 4.78 is 97.4. The first-order chi connectivity index (χ1) is 9.83. The third-order valence-corrected chi connectivity index (χ3v) is 5.84. The fraction of sp³-hybridized carbons (Fsp3) is 0.455. The molecule has 0 unspecified atom stereocenters. The molecule has 0 bridgehead atoms. The molecule has 1 aromatic rings. The number of hydrogen-bond acceptors (Lipinski definition) is 2. The monoisotopic (exact) mass is 390 g/mol. The predicted molar refractivity (Wildman–Crippen MR) is 71.0 cm³/mol. The van der Waals surface area contributed by atoms with E-state index < -0.39 is 33.3 Å². The normalized spacial score (nSPS) is 14.2. The number of alkyl halides is 9. The lowest BCUT2D eigenvalue weighted by Gasteiger charge is -2.38. The van der Waals surface area contributed by atoms with Crippen molar-refractivity contribution in [3.05, 3.63) is 35.9 Å². The van der Waals surface area contributed by atoms with Crippen LogP contribution in [-0.2, 0) is 5.75 Å². The van der Waals surface area contributed by atoms with E-state index >= 15 is 0 Å². The molecule has 0 fully saturated rings. The van der Waals surface area contributed by atoms with Crippen molar-refractivity contribution in [2.45, 2.75) is 28.2 Å². The van der Waals surface area contributed by atoms with Crippen molar-refractivity contribution in [2.24, 2.45) is 0 Å². The summed E-state index contributed by atoms with van der Waals surface area (Å²) in [7, 11) is -1.02. The van der Waals surface area contributed by atoms with Crippen molar-refractivity contribution in [1.29, 1.82) is 0 Å². The van der Waals surface area contributed by atoms with Crippen LogP contribution < -0.4 is 0 Å². The molecule has 0 aliphatic rings. The van der Waals surface area contributed by atoms with Crippen LogP contribution in [0.1, 0.15) is 5.56 Å². The highest BCUT2D eigenvalue weighted by Gasteiger charge is 2.83. The van der Waals surface area contributed by atoms with Gasteiger partial charge in [-0.05, 0) is 17.2 Å². The Bertz CT molecular complexity index is 444. The second-order valence-electron chi connectivity index (χ2n) is 4.01. The minimum absolute atomic E-state index is 0.00613. The molecule has 0 radical (unpaired) electrons. The van der Waals surface area contributed by atoms with Crippen molar-refractivity contribution in [3.63, 3.8) is 0 Å². The minimum atomic E-state index is -6.29. The highest BCUT2D eigenvalue weighted by atomic mass is 35.5. The summed E-state index contributed by atoms with van der Waals surface area (Å²) in [5.74, 6) is -0.327. The van der Waals surface area contributed by atoms with Gasteiger partial charge in [-0.15, -0.1) is 0 Å². The summed E-state index contributed by atoms with van der Waals surface area (Å²) >= 11 is 4.20. The molecular formula is C11H7ClF8S2. The van der Waals surface area contributed by atoms with Crippen molar-refractivity contribution in [1.82, 2.24) is 0 Å². The van der Waals surface area contributed by atoms with Crippen LogP contribution in [0.15, 0.2) is 30.3 Å². The third-order valence-electron chi connectivity index (χ3n) is 2.45. The molecule has 0 aliphatic heterocycles. The quantitative estimate of drug-likeness (QED) is 0.330. The Morgan fingerprint density at radius 2 is 1.27 bits per heavy atom. The van der Waals surface area contributed by atoms with Crippen LogP contribution in [0.2, 0.25) is 0 Å². The smallest absolute Gasteiger partial charge is 0.186 e. The van der Waals surface area contributed by atoms with Crippen molar-refractivity contribution in [3.8, 4) is 0 Å². The van der Waals surface area contributed by atoms with Gasteiger partial charge in [0.2, 0.25) is 0 Å². The number of benzene rings is 1. The van der Waals surface area contributed by atoms with Gasteiger partial charge in [0.15, 0.2) is 0 Å². The fourth-order valence-electron chi connectivity index (χ4n) is 1.38. The molecule has 0 spiro atoms. The average Bonchev–Trinajstić information content (AvgIpc) is 2.31. The molecule has 1 rings (SSSR count). The van der Waals surface area contributed by atoms with E-state index in [2.05, 4.69) is 11.6 Å². The lowest BCUT2D eigenvalue weighted by atomic mass is 10.1. The van der Waals surface area contributed by atoms with E-state index in [-0.39, 0.29) is 16.5 Å². The number of hydrogen-bond donors (Lipinski definition) is 0. The molecule has 22 heavy (non-hydrogen) atoms. The molecule has 0 saturated heterocycles.